The molecule has 4 rings (SSSR count). The summed E-state index contributed by atoms with van der Waals surface area (Å²) in [6.07, 6.45) is 4.68. The van der Waals surface area contributed by atoms with Crippen molar-refractivity contribution >= 4 is 22.9 Å². The van der Waals surface area contributed by atoms with E-state index in [1.54, 1.807) is 4.68 Å². The van der Waals surface area contributed by atoms with Crippen LogP contribution >= 0.6 is 0 Å². The fourth-order valence-electron chi connectivity index (χ4n) is 2.71. The Morgan fingerprint density at radius 1 is 1.43 bits per heavy atom. The van der Waals surface area contributed by atoms with Gasteiger partial charge >= 0.3 is 0 Å². The maximum Gasteiger partial charge on any atom is 0.230 e. The molecule has 1 aromatic carbocycles. The van der Waals surface area contributed by atoms with E-state index in [0.29, 0.717) is 5.95 Å². The highest BCUT2D eigenvalue weighted by Crippen LogP contribution is 2.47. The zero-order valence-electron chi connectivity index (χ0n) is 11.6. The minimum absolute atomic E-state index is 0.0161. The average molecular weight is 281 g/mol. The Labute approximate surface area is 121 Å². The van der Waals surface area contributed by atoms with Gasteiger partial charge in [0, 0.05) is 19.2 Å². The maximum absolute atomic E-state index is 12.2. The number of hydrogen-bond donors (Lipinski definition) is 2. The van der Waals surface area contributed by atoms with Crippen LogP contribution < -0.4 is 5.32 Å². The van der Waals surface area contributed by atoms with Crippen LogP contribution in [0.2, 0.25) is 0 Å². The van der Waals surface area contributed by atoms with Gasteiger partial charge in [-0.05, 0) is 30.0 Å². The minimum atomic E-state index is 0.0161. The predicted molar refractivity (Wildman–Crippen MR) is 78.8 cm³/mol. The molecule has 1 amide bonds. The predicted octanol–water partition coefficient (Wildman–Crippen LogP) is 2.04. The van der Waals surface area contributed by atoms with Crippen molar-refractivity contribution in [3.05, 3.63) is 42.2 Å². The van der Waals surface area contributed by atoms with E-state index in [2.05, 4.69) is 20.4 Å². The lowest BCUT2D eigenvalue weighted by molar-refractivity contribution is -0.117. The number of rotatable bonds is 3. The van der Waals surface area contributed by atoms with Gasteiger partial charge in [0.15, 0.2) is 0 Å². The van der Waals surface area contributed by atoms with Crippen LogP contribution in [0.25, 0.3) is 11.0 Å². The second-order valence-electron chi connectivity index (χ2n) is 5.49. The summed E-state index contributed by atoms with van der Waals surface area (Å²) in [6.45, 7) is 0. The monoisotopic (exact) mass is 281 g/mol. The van der Waals surface area contributed by atoms with Crippen LogP contribution in [0.3, 0.4) is 0 Å². The highest BCUT2D eigenvalue weighted by molar-refractivity contribution is 5.95. The number of benzene rings is 1. The van der Waals surface area contributed by atoms with Gasteiger partial charge in [-0.2, -0.15) is 5.10 Å². The highest BCUT2D eigenvalue weighted by atomic mass is 16.2. The van der Waals surface area contributed by atoms with Crippen LogP contribution in [-0.4, -0.2) is 25.7 Å². The molecule has 2 heterocycles. The lowest BCUT2D eigenvalue weighted by Crippen LogP contribution is -2.15. The van der Waals surface area contributed by atoms with E-state index >= 15 is 0 Å². The van der Waals surface area contributed by atoms with Crippen molar-refractivity contribution in [2.24, 2.45) is 13.0 Å². The van der Waals surface area contributed by atoms with E-state index in [0.717, 1.165) is 23.0 Å². The van der Waals surface area contributed by atoms with Gasteiger partial charge in [-0.25, -0.2) is 4.98 Å². The Kier molecular flexibility index (Phi) is 2.57. The number of anilines is 1. The van der Waals surface area contributed by atoms with Gasteiger partial charge < -0.3 is 4.98 Å². The molecule has 6 heteroatoms. The first-order valence-electron chi connectivity index (χ1n) is 6.95. The number of carbonyl (C=O) groups is 1. The number of H-pyrrole nitrogens is 1. The Balaban J connectivity index is 1.47. The SMILES string of the molecule is Cn1cc([C@@H]2C[C@@H]2C(=O)Nc2nc3ccccc3[nH]2)cn1. The van der Waals surface area contributed by atoms with Crippen molar-refractivity contribution in [3.63, 3.8) is 0 Å². The van der Waals surface area contributed by atoms with E-state index in [9.17, 15) is 4.79 Å². The average Bonchev–Trinajstić information content (AvgIpc) is 2.99. The third-order valence-corrected chi connectivity index (χ3v) is 3.91. The third kappa shape index (κ3) is 2.18. The zero-order valence-corrected chi connectivity index (χ0v) is 11.6. The number of aromatic nitrogens is 4. The van der Waals surface area contributed by atoms with E-state index in [1.807, 2.05) is 43.7 Å². The normalized spacial score (nSPS) is 20.6. The summed E-state index contributed by atoms with van der Waals surface area (Å²) in [5.74, 6) is 0.825. The summed E-state index contributed by atoms with van der Waals surface area (Å²) in [4.78, 5) is 19.7. The molecule has 0 bridgehead atoms. The molecule has 0 unspecified atom stereocenters. The standard InChI is InChI=1S/C15H15N5O/c1-20-8-9(7-16-20)10-6-11(10)14(21)19-15-17-12-4-2-3-5-13(12)18-15/h2-5,7-8,10-11H,6H2,1H3,(H2,17,18,19,21)/t10-,11-/m0/s1. The number of hydrogen-bond acceptors (Lipinski definition) is 3. The van der Waals surface area contributed by atoms with Crippen molar-refractivity contribution in [1.29, 1.82) is 0 Å². The molecule has 1 aliphatic carbocycles. The van der Waals surface area contributed by atoms with Crippen LogP contribution in [0.15, 0.2) is 36.7 Å². The summed E-state index contributed by atoms with van der Waals surface area (Å²) in [5.41, 5.74) is 2.90. The molecular formula is C15H15N5O. The lowest BCUT2D eigenvalue weighted by atomic mass is 10.2. The number of nitrogens with one attached hydrogen (secondary N) is 2. The molecule has 6 nitrogen and oxygen atoms in total. The second-order valence-corrected chi connectivity index (χ2v) is 5.49. The van der Waals surface area contributed by atoms with Crippen LogP contribution in [-0.2, 0) is 11.8 Å². The van der Waals surface area contributed by atoms with Gasteiger partial charge in [-0.3, -0.25) is 14.8 Å². The summed E-state index contributed by atoms with van der Waals surface area (Å²) >= 11 is 0. The first-order chi connectivity index (χ1) is 10.2. The lowest BCUT2D eigenvalue weighted by Gasteiger charge is -2.00. The summed E-state index contributed by atoms with van der Waals surface area (Å²) < 4.78 is 1.77. The molecule has 0 saturated heterocycles. The topological polar surface area (TPSA) is 75.6 Å². The third-order valence-electron chi connectivity index (χ3n) is 3.91. The van der Waals surface area contributed by atoms with Crippen LogP contribution in [0, 0.1) is 5.92 Å². The molecule has 0 spiro atoms. The van der Waals surface area contributed by atoms with E-state index in [1.165, 1.54) is 0 Å². The van der Waals surface area contributed by atoms with Crippen LogP contribution in [0.5, 0.6) is 0 Å². The van der Waals surface area contributed by atoms with E-state index in [4.69, 9.17) is 0 Å². The quantitative estimate of drug-likeness (QED) is 0.771. The molecule has 2 atom stereocenters. The Bertz CT molecular complexity index is 785. The zero-order chi connectivity index (χ0) is 14.4. The van der Waals surface area contributed by atoms with Crippen molar-refractivity contribution in [3.8, 4) is 0 Å². The van der Waals surface area contributed by atoms with Gasteiger partial charge in [-0.15, -0.1) is 0 Å². The highest BCUT2D eigenvalue weighted by Gasteiger charge is 2.44. The molecule has 3 aromatic rings. The number of imidazole rings is 1. The molecule has 1 fully saturated rings. The van der Waals surface area contributed by atoms with E-state index < -0.39 is 0 Å². The number of fused-ring (bicyclic) bond motifs is 1. The maximum atomic E-state index is 12.2. The van der Waals surface area contributed by atoms with Crippen molar-refractivity contribution in [2.45, 2.75) is 12.3 Å². The molecule has 2 N–H and O–H groups in total. The number of aromatic amines is 1. The first kappa shape index (κ1) is 12.1. The van der Waals surface area contributed by atoms with Gasteiger partial charge in [-0.1, -0.05) is 12.1 Å². The Morgan fingerprint density at radius 3 is 3.05 bits per heavy atom. The Hall–Kier alpha value is -2.63. The van der Waals surface area contributed by atoms with Crippen molar-refractivity contribution in [2.75, 3.05) is 5.32 Å². The molecule has 106 valence electrons. The number of nitrogens with zero attached hydrogens (tertiary/aromatic N) is 3. The number of carbonyl (C=O) groups excluding carboxylic acids is 1. The van der Waals surface area contributed by atoms with Gasteiger partial charge in [0.1, 0.15) is 0 Å². The fraction of sp³-hybridized carbons (Fsp3) is 0.267. The van der Waals surface area contributed by atoms with Crippen molar-refractivity contribution in [1.82, 2.24) is 19.7 Å². The van der Waals surface area contributed by atoms with E-state index in [-0.39, 0.29) is 17.7 Å². The summed E-state index contributed by atoms with van der Waals surface area (Å²) in [5, 5.41) is 7.02. The van der Waals surface area contributed by atoms with Gasteiger partial charge in [0.25, 0.3) is 0 Å². The smallest absolute Gasteiger partial charge is 0.230 e. The molecule has 0 radical (unpaired) electrons. The van der Waals surface area contributed by atoms with Gasteiger partial charge in [0.05, 0.1) is 17.2 Å². The van der Waals surface area contributed by atoms with Crippen LogP contribution in [0.1, 0.15) is 17.9 Å². The molecule has 1 aliphatic rings. The number of aryl methyl sites for hydroxylation is 1. The fourth-order valence-corrected chi connectivity index (χ4v) is 2.71. The summed E-state index contributed by atoms with van der Waals surface area (Å²) in [6, 6.07) is 7.71. The molecule has 0 aliphatic heterocycles. The minimum Gasteiger partial charge on any atom is -0.324 e. The first-order valence-corrected chi connectivity index (χ1v) is 6.95. The largest absolute Gasteiger partial charge is 0.324 e. The Morgan fingerprint density at radius 2 is 2.29 bits per heavy atom. The van der Waals surface area contributed by atoms with Gasteiger partial charge in [0.2, 0.25) is 11.9 Å². The molecule has 2 aromatic heterocycles. The van der Waals surface area contributed by atoms with Crippen molar-refractivity contribution < 1.29 is 4.79 Å². The second kappa shape index (κ2) is 4.44. The molecular weight excluding hydrogens is 266 g/mol. The summed E-state index contributed by atoms with van der Waals surface area (Å²) in [7, 11) is 1.88. The van der Waals surface area contributed by atoms with Crippen LogP contribution in [0.4, 0.5) is 5.95 Å². The number of amides is 1. The molecule has 1 saturated carbocycles. The number of para-hydroxylation sites is 2. The molecule has 21 heavy (non-hydrogen) atoms.